The molecular weight excluding hydrogens is 376 g/mol. The molecule has 0 spiro atoms. The van der Waals surface area contributed by atoms with E-state index in [2.05, 4.69) is 26.9 Å². The Morgan fingerprint density at radius 2 is 1.57 bits per heavy atom. The smallest absolute Gasteiger partial charge is 0.244 e. The van der Waals surface area contributed by atoms with E-state index in [1.807, 2.05) is 26.0 Å². The van der Waals surface area contributed by atoms with Crippen LogP contribution in [0.5, 0.6) is 5.75 Å². The van der Waals surface area contributed by atoms with Crippen LogP contribution in [0.25, 0.3) is 0 Å². The highest BCUT2D eigenvalue weighted by molar-refractivity contribution is 7.89. The summed E-state index contributed by atoms with van der Waals surface area (Å²) in [5, 5.41) is 0. The fraction of sp³-hybridized carbons (Fsp3) is 0.450. The lowest BCUT2D eigenvalue weighted by atomic mass is 10.2. The topological polar surface area (TPSA) is 66.0 Å². The first kappa shape index (κ1) is 20.4. The summed E-state index contributed by atoms with van der Waals surface area (Å²) in [6, 6.07) is 11.5. The van der Waals surface area contributed by atoms with Gasteiger partial charge in [-0.2, -0.15) is 4.31 Å². The fourth-order valence-corrected chi connectivity index (χ4v) is 4.82. The van der Waals surface area contributed by atoms with Crippen molar-refractivity contribution >= 4 is 21.5 Å². The molecule has 0 aliphatic carbocycles. The van der Waals surface area contributed by atoms with E-state index >= 15 is 0 Å². The lowest BCUT2D eigenvalue weighted by molar-refractivity contribution is 0.415. The number of piperazine rings is 1. The van der Waals surface area contributed by atoms with Gasteiger partial charge in [-0.15, -0.1) is 0 Å². The van der Waals surface area contributed by atoms with Gasteiger partial charge in [-0.25, -0.2) is 13.4 Å². The Labute approximate surface area is 167 Å². The lowest BCUT2D eigenvalue weighted by Gasteiger charge is -2.36. The van der Waals surface area contributed by atoms with E-state index in [-0.39, 0.29) is 4.90 Å². The fourth-order valence-electron chi connectivity index (χ4n) is 3.41. The number of anilines is 2. The molecule has 1 aliphatic rings. The Morgan fingerprint density at radius 1 is 0.964 bits per heavy atom. The van der Waals surface area contributed by atoms with Crippen LogP contribution in [0.15, 0.2) is 47.5 Å². The van der Waals surface area contributed by atoms with Gasteiger partial charge in [0.15, 0.2) is 0 Å². The molecule has 2 aromatic rings. The summed E-state index contributed by atoms with van der Waals surface area (Å²) < 4.78 is 31.8. The predicted octanol–water partition coefficient (Wildman–Crippen LogP) is 2.45. The standard InChI is InChI=1S/C20H28N4O3S/c1-4-24(5-2)28(25,26)19-10-11-20(21-16-19)23-14-12-22(13-15-23)17-6-8-18(27-3)9-7-17/h6-11,16H,4-5,12-15H2,1-3H3. The van der Waals surface area contributed by atoms with Crippen LogP contribution in [0, 0.1) is 0 Å². The maximum atomic E-state index is 12.6. The monoisotopic (exact) mass is 404 g/mol. The predicted molar refractivity (Wildman–Crippen MR) is 112 cm³/mol. The molecule has 0 atom stereocenters. The molecule has 3 rings (SSSR count). The van der Waals surface area contributed by atoms with Gasteiger partial charge in [-0.3, -0.25) is 0 Å². The van der Waals surface area contributed by atoms with Gasteiger partial charge in [-0.1, -0.05) is 13.8 Å². The highest BCUT2D eigenvalue weighted by atomic mass is 32.2. The summed E-state index contributed by atoms with van der Waals surface area (Å²) in [7, 11) is -1.80. The average Bonchev–Trinajstić information content (AvgIpc) is 2.75. The first-order valence-electron chi connectivity index (χ1n) is 9.59. The van der Waals surface area contributed by atoms with Gasteiger partial charge in [0, 0.05) is 51.2 Å². The molecule has 1 saturated heterocycles. The Morgan fingerprint density at radius 3 is 2.07 bits per heavy atom. The van der Waals surface area contributed by atoms with Crippen LogP contribution in [0.3, 0.4) is 0 Å². The number of aromatic nitrogens is 1. The van der Waals surface area contributed by atoms with Crippen molar-refractivity contribution in [3.63, 3.8) is 0 Å². The quantitative estimate of drug-likeness (QED) is 0.706. The summed E-state index contributed by atoms with van der Waals surface area (Å²) in [5.41, 5.74) is 1.18. The summed E-state index contributed by atoms with van der Waals surface area (Å²) >= 11 is 0. The third kappa shape index (κ3) is 4.23. The zero-order valence-corrected chi connectivity index (χ0v) is 17.5. The number of hydrogen-bond acceptors (Lipinski definition) is 6. The zero-order valence-electron chi connectivity index (χ0n) is 16.7. The minimum Gasteiger partial charge on any atom is -0.497 e. The molecule has 152 valence electrons. The SMILES string of the molecule is CCN(CC)S(=O)(=O)c1ccc(N2CCN(c3ccc(OC)cc3)CC2)nc1. The molecule has 28 heavy (non-hydrogen) atoms. The normalized spacial score (nSPS) is 15.1. The van der Waals surface area contributed by atoms with E-state index in [1.54, 1.807) is 19.2 Å². The highest BCUT2D eigenvalue weighted by Crippen LogP contribution is 2.23. The maximum absolute atomic E-state index is 12.6. The molecule has 0 bridgehead atoms. The number of rotatable bonds is 7. The molecule has 1 aromatic carbocycles. The third-order valence-electron chi connectivity index (χ3n) is 5.11. The van der Waals surface area contributed by atoms with Crippen LogP contribution in [0.2, 0.25) is 0 Å². The van der Waals surface area contributed by atoms with Crippen LogP contribution in [0.1, 0.15) is 13.8 Å². The van der Waals surface area contributed by atoms with Crippen molar-refractivity contribution in [1.29, 1.82) is 0 Å². The van der Waals surface area contributed by atoms with Gasteiger partial charge < -0.3 is 14.5 Å². The second-order valence-electron chi connectivity index (χ2n) is 6.61. The second-order valence-corrected chi connectivity index (χ2v) is 8.55. The number of sulfonamides is 1. The summed E-state index contributed by atoms with van der Waals surface area (Å²) in [6.45, 7) is 8.02. The van der Waals surface area contributed by atoms with Crippen molar-refractivity contribution in [3.05, 3.63) is 42.6 Å². The largest absolute Gasteiger partial charge is 0.497 e. The van der Waals surface area contributed by atoms with Crippen LogP contribution >= 0.6 is 0 Å². The van der Waals surface area contributed by atoms with Gasteiger partial charge in [0.05, 0.1) is 7.11 Å². The molecule has 0 N–H and O–H groups in total. The number of ether oxygens (including phenoxy) is 1. The van der Waals surface area contributed by atoms with Crippen molar-refractivity contribution < 1.29 is 13.2 Å². The summed E-state index contributed by atoms with van der Waals surface area (Å²) in [6.07, 6.45) is 1.47. The number of methoxy groups -OCH3 is 1. The van der Waals surface area contributed by atoms with Crippen LogP contribution in [-0.4, -0.2) is 64.1 Å². The summed E-state index contributed by atoms with van der Waals surface area (Å²) in [4.78, 5) is 9.19. The molecule has 0 saturated carbocycles. The van der Waals surface area contributed by atoms with E-state index in [0.717, 1.165) is 37.7 Å². The van der Waals surface area contributed by atoms with Crippen LogP contribution in [0.4, 0.5) is 11.5 Å². The molecule has 0 amide bonds. The van der Waals surface area contributed by atoms with Gasteiger partial charge in [0.2, 0.25) is 10.0 Å². The van der Waals surface area contributed by atoms with Crippen LogP contribution < -0.4 is 14.5 Å². The number of hydrogen-bond donors (Lipinski definition) is 0. The third-order valence-corrected chi connectivity index (χ3v) is 7.14. The van der Waals surface area contributed by atoms with Gasteiger partial charge in [0.25, 0.3) is 0 Å². The minimum atomic E-state index is -3.47. The van der Waals surface area contributed by atoms with Crippen molar-refractivity contribution in [2.45, 2.75) is 18.7 Å². The molecular formula is C20H28N4O3S. The lowest BCUT2D eigenvalue weighted by Crippen LogP contribution is -2.46. The number of nitrogens with zero attached hydrogens (tertiary/aromatic N) is 4. The van der Waals surface area contributed by atoms with E-state index in [4.69, 9.17) is 4.74 Å². The molecule has 2 heterocycles. The molecule has 8 heteroatoms. The molecule has 0 radical (unpaired) electrons. The van der Waals surface area contributed by atoms with Crippen molar-refractivity contribution in [2.75, 3.05) is 56.2 Å². The van der Waals surface area contributed by atoms with Crippen molar-refractivity contribution in [3.8, 4) is 5.75 Å². The van der Waals surface area contributed by atoms with E-state index in [9.17, 15) is 8.42 Å². The molecule has 1 aliphatic heterocycles. The number of pyridine rings is 1. The minimum absolute atomic E-state index is 0.247. The van der Waals surface area contributed by atoms with E-state index in [0.29, 0.717) is 13.1 Å². The van der Waals surface area contributed by atoms with E-state index in [1.165, 1.54) is 16.2 Å². The molecule has 1 fully saturated rings. The average molecular weight is 405 g/mol. The summed E-state index contributed by atoms with van der Waals surface area (Å²) in [5.74, 6) is 1.67. The van der Waals surface area contributed by atoms with Crippen LogP contribution in [-0.2, 0) is 10.0 Å². The Balaban J connectivity index is 1.64. The van der Waals surface area contributed by atoms with Gasteiger partial charge >= 0.3 is 0 Å². The first-order valence-corrected chi connectivity index (χ1v) is 11.0. The molecule has 7 nitrogen and oxygen atoms in total. The second kappa shape index (κ2) is 8.79. The van der Waals surface area contributed by atoms with Gasteiger partial charge in [0.1, 0.15) is 16.5 Å². The first-order chi connectivity index (χ1) is 13.5. The van der Waals surface area contributed by atoms with Gasteiger partial charge in [-0.05, 0) is 36.4 Å². The highest BCUT2D eigenvalue weighted by Gasteiger charge is 2.23. The Bertz CT molecular complexity index is 857. The van der Waals surface area contributed by atoms with Crippen molar-refractivity contribution in [1.82, 2.24) is 9.29 Å². The Hall–Kier alpha value is -2.32. The van der Waals surface area contributed by atoms with Crippen molar-refractivity contribution in [2.24, 2.45) is 0 Å². The molecule has 0 unspecified atom stereocenters. The molecule has 1 aromatic heterocycles. The van der Waals surface area contributed by atoms with E-state index < -0.39 is 10.0 Å². The zero-order chi connectivity index (χ0) is 20.1. The Kier molecular flexibility index (Phi) is 6.41. The number of benzene rings is 1. The maximum Gasteiger partial charge on any atom is 0.244 e.